The molecule has 0 saturated carbocycles. The van der Waals surface area contributed by atoms with E-state index in [4.69, 9.17) is 4.74 Å². The number of hydrogen-bond donors (Lipinski definition) is 0. The largest absolute Gasteiger partial charge is 0.494 e. The fraction of sp³-hybridized carbons (Fsp3) is 0.333. The molecular weight excluding hydrogens is 202 g/mol. The zero-order chi connectivity index (χ0) is 11.4. The van der Waals surface area contributed by atoms with Gasteiger partial charge >= 0.3 is 0 Å². The summed E-state index contributed by atoms with van der Waals surface area (Å²) in [5.41, 5.74) is 1.06. The third-order valence-corrected chi connectivity index (χ3v) is 2.38. The number of ether oxygens (including phenoxy) is 1. The van der Waals surface area contributed by atoms with Crippen molar-refractivity contribution >= 4 is 0 Å². The summed E-state index contributed by atoms with van der Waals surface area (Å²) >= 11 is 0. The van der Waals surface area contributed by atoms with Crippen LogP contribution in [0.4, 0.5) is 0 Å². The van der Waals surface area contributed by atoms with Gasteiger partial charge in [0.15, 0.2) is 5.82 Å². The van der Waals surface area contributed by atoms with Crippen molar-refractivity contribution in [1.82, 2.24) is 14.8 Å². The predicted octanol–water partition coefficient (Wildman–Crippen LogP) is 2.36. The van der Waals surface area contributed by atoms with Gasteiger partial charge in [-0.25, -0.2) is 0 Å². The first-order valence-electron chi connectivity index (χ1n) is 5.46. The van der Waals surface area contributed by atoms with Crippen molar-refractivity contribution in [3.05, 3.63) is 30.6 Å². The minimum Gasteiger partial charge on any atom is -0.494 e. The van der Waals surface area contributed by atoms with Crippen LogP contribution < -0.4 is 4.74 Å². The summed E-state index contributed by atoms with van der Waals surface area (Å²) in [5, 5.41) is 8.01. The van der Waals surface area contributed by atoms with Crippen LogP contribution in [0.5, 0.6) is 5.75 Å². The van der Waals surface area contributed by atoms with Crippen LogP contribution in [0.1, 0.15) is 13.8 Å². The SMILES string of the molecule is CCOc1ccc(-c2nncn2CC)cc1. The predicted molar refractivity (Wildman–Crippen MR) is 62.3 cm³/mol. The van der Waals surface area contributed by atoms with Crippen LogP contribution in [0, 0.1) is 0 Å². The van der Waals surface area contributed by atoms with Crippen LogP contribution in [0.3, 0.4) is 0 Å². The number of rotatable bonds is 4. The molecule has 0 N–H and O–H groups in total. The third kappa shape index (κ3) is 2.05. The Balaban J connectivity index is 2.27. The van der Waals surface area contributed by atoms with E-state index in [1.54, 1.807) is 6.33 Å². The van der Waals surface area contributed by atoms with Crippen LogP contribution in [0.2, 0.25) is 0 Å². The van der Waals surface area contributed by atoms with Gasteiger partial charge in [0.1, 0.15) is 12.1 Å². The monoisotopic (exact) mass is 217 g/mol. The van der Waals surface area contributed by atoms with Crippen molar-refractivity contribution < 1.29 is 4.74 Å². The standard InChI is InChI=1S/C12H15N3O/c1-3-15-9-13-14-12(15)10-5-7-11(8-6-10)16-4-2/h5-9H,3-4H2,1-2H3. The molecule has 0 amide bonds. The highest BCUT2D eigenvalue weighted by molar-refractivity contribution is 5.56. The zero-order valence-electron chi connectivity index (χ0n) is 9.55. The van der Waals surface area contributed by atoms with Gasteiger partial charge in [-0.1, -0.05) is 0 Å². The van der Waals surface area contributed by atoms with Crippen LogP contribution >= 0.6 is 0 Å². The lowest BCUT2D eigenvalue weighted by molar-refractivity contribution is 0.340. The van der Waals surface area contributed by atoms with Gasteiger partial charge in [0.25, 0.3) is 0 Å². The van der Waals surface area contributed by atoms with Crippen molar-refractivity contribution in [3.63, 3.8) is 0 Å². The molecule has 0 aliphatic carbocycles. The quantitative estimate of drug-likeness (QED) is 0.789. The summed E-state index contributed by atoms with van der Waals surface area (Å²) in [6.45, 7) is 5.60. The first-order chi connectivity index (χ1) is 7.85. The van der Waals surface area contributed by atoms with Gasteiger partial charge in [0.2, 0.25) is 0 Å². The van der Waals surface area contributed by atoms with Crippen molar-refractivity contribution in [2.24, 2.45) is 0 Å². The Labute approximate surface area is 94.9 Å². The van der Waals surface area contributed by atoms with Crippen molar-refractivity contribution in [2.45, 2.75) is 20.4 Å². The van der Waals surface area contributed by atoms with E-state index in [1.165, 1.54) is 0 Å². The molecule has 1 heterocycles. The Kier molecular flexibility index (Phi) is 3.19. The van der Waals surface area contributed by atoms with Crippen molar-refractivity contribution in [3.8, 4) is 17.1 Å². The van der Waals surface area contributed by atoms with Gasteiger partial charge in [0, 0.05) is 12.1 Å². The lowest BCUT2D eigenvalue weighted by Gasteiger charge is -2.05. The lowest BCUT2D eigenvalue weighted by Crippen LogP contribution is -1.96. The van der Waals surface area contributed by atoms with Crippen LogP contribution in [-0.2, 0) is 6.54 Å². The molecule has 0 aliphatic heterocycles. The lowest BCUT2D eigenvalue weighted by atomic mass is 10.2. The van der Waals surface area contributed by atoms with Crippen molar-refractivity contribution in [1.29, 1.82) is 0 Å². The summed E-state index contributed by atoms with van der Waals surface area (Å²) in [5.74, 6) is 1.78. The summed E-state index contributed by atoms with van der Waals surface area (Å²) in [6.07, 6.45) is 1.74. The highest BCUT2D eigenvalue weighted by Crippen LogP contribution is 2.20. The van der Waals surface area contributed by atoms with Crippen LogP contribution in [0.25, 0.3) is 11.4 Å². The number of aryl methyl sites for hydroxylation is 1. The molecule has 0 aliphatic rings. The van der Waals surface area contributed by atoms with Crippen LogP contribution in [-0.4, -0.2) is 21.4 Å². The maximum Gasteiger partial charge on any atom is 0.163 e. The van der Waals surface area contributed by atoms with E-state index in [1.807, 2.05) is 35.8 Å². The Hall–Kier alpha value is -1.84. The fourth-order valence-electron chi connectivity index (χ4n) is 1.58. The second-order valence-corrected chi connectivity index (χ2v) is 3.40. The molecule has 1 aromatic heterocycles. The molecule has 4 nitrogen and oxygen atoms in total. The number of aromatic nitrogens is 3. The minimum absolute atomic E-state index is 0.685. The van der Waals surface area contributed by atoms with E-state index in [-0.39, 0.29) is 0 Å². The molecule has 0 fully saturated rings. The average Bonchev–Trinajstić information content (AvgIpc) is 2.78. The summed E-state index contributed by atoms with van der Waals surface area (Å²) in [7, 11) is 0. The highest BCUT2D eigenvalue weighted by atomic mass is 16.5. The van der Waals surface area contributed by atoms with E-state index in [0.29, 0.717) is 6.61 Å². The number of nitrogens with zero attached hydrogens (tertiary/aromatic N) is 3. The highest BCUT2D eigenvalue weighted by Gasteiger charge is 2.05. The summed E-state index contributed by atoms with van der Waals surface area (Å²) in [4.78, 5) is 0. The number of hydrogen-bond acceptors (Lipinski definition) is 3. The molecule has 0 saturated heterocycles. The smallest absolute Gasteiger partial charge is 0.163 e. The molecule has 16 heavy (non-hydrogen) atoms. The Bertz CT molecular complexity index is 448. The van der Waals surface area contributed by atoms with Gasteiger partial charge in [-0.05, 0) is 38.1 Å². The molecule has 1 aromatic carbocycles. The molecule has 2 aromatic rings. The average molecular weight is 217 g/mol. The van der Waals surface area contributed by atoms with E-state index in [2.05, 4.69) is 17.1 Å². The van der Waals surface area contributed by atoms with E-state index in [0.717, 1.165) is 23.7 Å². The van der Waals surface area contributed by atoms with Gasteiger partial charge in [-0.3, -0.25) is 0 Å². The van der Waals surface area contributed by atoms with Gasteiger partial charge in [0.05, 0.1) is 6.61 Å². The molecule has 0 unspecified atom stereocenters. The first kappa shape index (κ1) is 10.7. The van der Waals surface area contributed by atoms with Crippen molar-refractivity contribution in [2.75, 3.05) is 6.61 Å². The molecular formula is C12H15N3O. The molecule has 0 bridgehead atoms. The summed E-state index contributed by atoms with van der Waals surface area (Å²) in [6, 6.07) is 7.91. The first-order valence-corrected chi connectivity index (χ1v) is 5.46. The summed E-state index contributed by atoms with van der Waals surface area (Å²) < 4.78 is 7.40. The second kappa shape index (κ2) is 4.79. The van der Waals surface area contributed by atoms with Gasteiger partial charge in [-0.15, -0.1) is 10.2 Å². The Morgan fingerprint density at radius 3 is 2.56 bits per heavy atom. The van der Waals surface area contributed by atoms with Gasteiger partial charge < -0.3 is 9.30 Å². The topological polar surface area (TPSA) is 39.9 Å². The maximum absolute atomic E-state index is 5.39. The molecule has 0 spiro atoms. The number of benzene rings is 1. The minimum atomic E-state index is 0.685. The third-order valence-electron chi connectivity index (χ3n) is 2.38. The molecule has 0 atom stereocenters. The molecule has 2 rings (SSSR count). The molecule has 4 heteroatoms. The Morgan fingerprint density at radius 2 is 1.94 bits per heavy atom. The zero-order valence-corrected chi connectivity index (χ0v) is 9.55. The Morgan fingerprint density at radius 1 is 1.19 bits per heavy atom. The van der Waals surface area contributed by atoms with E-state index >= 15 is 0 Å². The normalized spacial score (nSPS) is 10.4. The molecule has 84 valence electrons. The van der Waals surface area contributed by atoms with E-state index in [9.17, 15) is 0 Å². The van der Waals surface area contributed by atoms with E-state index < -0.39 is 0 Å². The van der Waals surface area contributed by atoms with Crippen LogP contribution in [0.15, 0.2) is 30.6 Å². The maximum atomic E-state index is 5.39. The fourth-order valence-corrected chi connectivity index (χ4v) is 1.58. The second-order valence-electron chi connectivity index (χ2n) is 3.40. The molecule has 0 radical (unpaired) electrons. The van der Waals surface area contributed by atoms with Gasteiger partial charge in [-0.2, -0.15) is 0 Å².